The third kappa shape index (κ3) is 4.69. The highest BCUT2D eigenvalue weighted by molar-refractivity contribution is 7.98. The van der Waals surface area contributed by atoms with Crippen LogP contribution in [0.1, 0.15) is 39.5 Å². The van der Waals surface area contributed by atoms with Crippen LogP contribution in [0.4, 0.5) is 17.3 Å². The van der Waals surface area contributed by atoms with Crippen molar-refractivity contribution in [3.05, 3.63) is 30.1 Å². The van der Waals surface area contributed by atoms with Gasteiger partial charge in [-0.05, 0) is 24.4 Å². The number of anilines is 3. The molecule has 0 aromatic carbocycles. The molecule has 0 aliphatic rings. The van der Waals surface area contributed by atoms with E-state index < -0.39 is 24.5 Å². The fourth-order valence-electron chi connectivity index (χ4n) is 1.78. The zero-order valence-electron chi connectivity index (χ0n) is 20.4. The molecule has 9 heteroatoms. The molecule has 0 saturated heterocycles. The van der Waals surface area contributed by atoms with E-state index in [2.05, 4.69) is 25.8 Å². The summed E-state index contributed by atoms with van der Waals surface area (Å²) in [6, 6.07) is 4.27. The fraction of sp³-hybridized carbons (Fsp3) is 0.353. The number of carbonyl (C=O) groups excluding carboxylic acids is 2. The van der Waals surface area contributed by atoms with Crippen LogP contribution in [0.3, 0.4) is 0 Å². The van der Waals surface area contributed by atoms with E-state index in [1.165, 1.54) is 24.4 Å². The van der Waals surface area contributed by atoms with E-state index in [-0.39, 0.29) is 33.8 Å². The van der Waals surface area contributed by atoms with Gasteiger partial charge >= 0.3 is 0 Å². The highest BCUT2D eigenvalue weighted by Gasteiger charge is 2.22. The number of carbonyl (C=O) groups is 2. The van der Waals surface area contributed by atoms with Crippen molar-refractivity contribution in [2.75, 3.05) is 23.8 Å². The highest BCUT2D eigenvalue weighted by Crippen LogP contribution is 2.29. The van der Waals surface area contributed by atoms with Gasteiger partial charge in [0.25, 0.3) is 5.91 Å². The Kier molecular flexibility index (Phi) is 3.95. The molecule has 0 unspecified atom stereocenters. The Labute approximate surface area is 165 Å². The van der Waals surface area contributed by atoms with Gasteiger partial charge in [0.1, 0.15) is 11.6 Å². The van der Waals surface area contributed by atoms with Gasteiger partial charge in [-0.15, -0.1) is 16.9 Å². The fourth-order valence-corrected chi connectivity index (χ4v) is 2.11. The van der Waals surface area contributed by atoms with Crippen molar-refractivity contribution in [3.8, 4) is 0 Å². The molecule has 2 aromatic heterocycles. The quantitative estimate of drug-likeness (QED) is 0.684. The van der Waals surface area contributed by atoms with Crippen LogP contribution in [0.5, 0.6) is 0 Å². The molecule has 0 aliphatic carbocycles. The van der Waals surface area contributed by atoms with Crippen LogP contribution in [-0.2, 0) is 4.79 Å². The van der Waals surface area contributed by atoms with Gasteiger partial charge < -0.3 is 16.0 Å². The zero-order valence-corrected chi connectivity index (χ0v) is 15.2. The Bertz CT molecular complexity index is 1010. The number of hydrogen-bond acceptors (Lipinski definition) is 7. The summed E-state index contributed by atoms with van der Waals surface area (Å²) in [5.74, 6) is -1.15. The summed E-state index contributed by atoms with van der Waals surface area (Å²) in [4.78, 5) is 29.1. The molecular weight excluding hydrogens is 352 g/mol. The molecule has 8 nitrogen and oxygen atoms in total. The summed E-state index contributed by atoms with van der Waals surface area (Å²) in [7, 11) is 0. The number of thioether (sulfide) groups is 1. The van der Waals surface area contributed by atoms with Crippen LogP contribution in [0, 0.1) is 5.41 Å². The largest absolute Gasteiger partial charge is 0.354 e. The molecule has 0 bridgehead atoms. The van der Waals surface area contributed by atoms with Gasteiger partial charge in [0.15, 0.2) is 5.69 Å². The number of amides is 2. The molecule has 2 amide bonds. The molecule has 0 atom stereocenters. The van der Waals surface area contributed by atoms with E-state index in [4.69, 9.17) is 8.22 Å². The first-order chi connectivity index (χ1) is 14.5. The maximum absolute atomic E-state index is 12.3. The number of pyridine rings is 1. The first kappa shape index (κ1) is 12.6. The molecule has 0 aliphatic heterocycles. The topological polar surface area (TPSA) is 109 Å². The lowest BCUT2D eigenvalue weighted by atomic mass is 9.96. The molecule has 0 fully saturated rings. The SMILES string of the molecule is [2H]C([2H])([2H])NC(=O)c1nnccc1Nc1nc(NC(=O)C(C)(C)C)ccc1SC([2H])([2H])[2H]. The average Bonchev–Trinajstić information content (AvgIpc) is 2.61. The van der Waals surface area contributed by atoms with Gasteiger partial charge in [0.2, 0.25) is 5.91 Å². The number of rotatable bonds is 5. The predicted molar refractivity (Wildman–Crippen MR) is 103 cm³/mol. The van der Waals surface area contributed by atoms with Crippen LogP contribution >= 0.6 is 11.8 Å². The minimum Gasteiger partial charge on any atom is -0.354 e. The van der Waals surface area contributed by atoms with E-state index >= 15 is 0 Å². The van der Waals surface area contributed by atoms with Crippen molar-refractivity contribution in [1.82, 2.24) is 20.5 Å². The summed E-state index contributed by atoms with van der Waals surface area (Å²) in [5.41, 5.74) is -0.989. The molecule has 3 N–H and O–H groups in total. The lowest BCUT2D eigenvalue weighted by Crippen LogP contribution is -2.28. The maximum atomic E-state index is 12.3. The minimum absolute atomic E-state index is 0.0220. The molecule has 0 radical (unpaired) electrons. The summed E-state index contributed by atoms with van der Waals surface area (Å²) in [6.07, 6.45) is -1.14. The summed E-state index contributed by atoms with van der Waals surface area (Å²) < 4.78 is 44.2. The minimum atomic E-state index is -2.75. The van der Waals surface area contributed by atoms with Crippen molar-refractivity contribution in [3.63, 3.8) is 0 Å². The van der Waals surface area contributed by atoms with Crippen molar-refractivity contribution < 1.29 is 17.8 Å². The van der Waals surface area contributed by atoms with E-state index in [1.54, 1.807) is 20.8 Å². The second-order valence-corrected chi connectivity index (χ2v) is 6.87. The normalized spacial score (nSPS) is 15.3. The predicted octanol–water partition coefficient (Wildman–Crippen LogP) is 2.68. The average molecular weight is 381 g/mol. The number of nitrogens with one attached hydrogen (secondary N) is 3. The monoisotopic (exact) mass is 380 g/mol. The van der Waals surface area contributed by atoms with E-state index in [1.807, 2.05) is 5.32 Å². The van der Waals surface area contributed by atoms with Gasteiger partial charge in [-0.3, -0.25) is 9.59 Å². The lowest BCUT2D eigenvalue weighted by molar-refractivity contribution is -0.123. The smallest absolute Gasteiger partial charge is 0.273 e. The molecular formula is C17H22N6O2S. The van der Waals surface area contributed by atoms with Gasteiger partial charge in [0.05, 0.1) is 11.9 Å². The van der Waals surface area contributed by atoms with Crippen LogP contribution in [0.25, 0.3) is 0 Å². The van der Waals surface area contributed by atoms with Crippen LogP contribution < -0.4 is 16.0 Å². The van der Waals surface area contributed by atoms with Crippen LogP contribution in [-0.4, -0.2) is 40.2 Å². The van der Waals surface area contributed by atoms with E-state index in [0.29, 0.717) is 11.8 Å². The van der Waals surface area contributed by atoms with Gasteiger partial charge in [-0.2, -0.15) is 5.10 Å². The zero-order chi connectivity index (χ0) is 24.3. The first-order valence-electron chi connectivity index (χ1n) is 10.5. The Balaban J connectivity index is 2.45. The molecule has 2 heterocycles. The molecule has 138 valence electrons. The molecule has 0 spiro atoms. The van der Waals surface area contributed by atoms with Gasteiger partial charge in [-0.1, -0.05) is 20.8 Å². The summed E-state index contributed by atoms with van der Waals surface area (Å²) in [5, 5.41) is 14.5. The number of aromatic nitrogens is 3. The Hall–Kier alpha value is -2.68. The van der Waals surface area contributed by atoms with Crippen molar-refractivity contribution >= 4 is 40.9 Å². The Morgan fingerprint density at radius 2 is 2.04 bits per heavy atom. The molecule has 2 aromatic rings. The van der Waals surface area contributed by atoms with Crippen LogP contribution in [0.2, 0.25) is 0 Å². The highest BCUT2D eigenvalue weighted by atomic mass is 32.2. The third-order valence-corrected chi connectivity index (χ3v) is 3.74. The third-order valence-electron chi connectivity index (χ3n) is 3.19. The molecule has 2 rings (SSSR count). The van der Waals surface area contributed by atoms with Crippen LogP contribution in [0.15, 0.2) is 29.3 Å². The summed E-state index contributed by atoms with van der Waals surface area (Å²) in [6.45, 7) is 2.42. The van der Waals surface area contributed by atoms with Crippen molar-refractivity contribution in [1.29, 1.82) is 0 Å². The van der Waals surface area contributed by atoms with E-state index in [9.17, 15) is 9.59 Å². The second kappa shape index (κ2) is 8.13. The molecule has 0 saturated carbocycles. The lowest BCUT2D eigenvalue weighted by Gasteiger charge is -2.18. The van der Waals surface area contributed by atoms with E-state index in [0.717, 1.165) is 0 Å². The molecule has 26 heavy (non-hydrogen) atoms. The van der Waals surface area contributed by atoms with Gasteiger partial charge in [0, 0.05) is 25.5 Å². The number of nitrogens with zero attached hydrogens (tertiary/aromatic N) is 3. The van der Waals surface area contributed by atoms with Crippen molar-refractivity contribution in [2.45, 2.75) is 25.7 Å². The van der Waals surface area contributed by atoms with Gasteiger partial charge in [-0.25, -0.2) is 4.98 Å². The Morgan fingerprint density at radius 1 is 1.23 bits per heavy atom. The first-order valence-corrected chi connectivity index (χ1v) is 8.29. The standard InChI is InChI=1S/C17H22N6O2S/c1-17(2,3)16(25)22-12-7-6-11(26-5)14(21-12)20-10-8-9-19-23-13(10)15(24)18-4/h6-9H,1-5H3,(H,18,24)(H2,19,20,21,22,25)/i4D3,5D3. The summed E-state index contributed by atoms with van der Waals surface area (Å²) >= 11 is 0.540. The van der Waals surface area contributed by atoms with Crippen molar-refractivity contribution in [2.24, 2.45) is 5.41 Å². The number of hydrogen-bond donors (Lipinski definition) is 3. The second-order valence-electron chi connectivity index (χ2n) is 6.22. The Morgan fingerprint density at radius 3 is 2.73 bits per heavy atom. The maximum Gasteiger partial charge on any atom is 0.273 e.